The van der Waals surface area contributed by atoms with Crippen LogP contribution < -0.4 is 0 Å². The molecule has 1 rings (SSSR count). The van der Waals surface area contributed by atoms with Crippen LogP contribution in [0.15, 0.2) is 24.3 Å². The summed E-state index contributed by atoms with van der Waals surface area (Å²) in [6.45, 7) is 9.72. The Labute approximate surface area is 122 Å². The van der Waals surface area contributed by atoms with Gasteiger partial charge in [0.25, 0.3) is 0 Å². The van der Waals surface area contributed by atoms with Crippen LogP contribution in [0.3, 0.4) is 0 Å². The van der Waals surface area contributed by atoms with Gasteiger partial charge in [0.05, 0.1) is 0 Å². The number of aliphatic carboxylic acids is 1. The van der Waals surface area contributed by atoms with Gasteiger partial charge in [-0.2, -0.15) is 0 Å². The van der Waals surface area contributed by atoms with E-state index in [1.54, 1.807) is 0 Å². The standard InChI is InChI=1S/C17H27NO2/c1-5-11-18(12-6-2)17(4,16(19)20)13-15-9-7-14(3)8-10-15/h7-10H,5-6,11-13H2,1-4H3,(H,19,20). The number of carbonyl (C=O) groups is 1. The summed E-state index contributed by atoms with van der Waals surface area (Å²) in [5.41, 5.74) is 1.45. The summed E-state index contributed by atoms with van der Waals surface area (Å²) in [6, 6.07) is 8.16. The zero-order valence-electron chi connectivity index (χ0n) is 13.1. The molecule has 1 aromatic carbocycles. The molecule has 1 N–H and O–H groups in total. The molecule has 1 aromatic rings. The Morgan fingerprint density at radius 3 is 2.05 bits per heavy atom. The molecule has 3 nitrogen and oxygen atoms in total. The minimum absolute atomic E-state index is 0.544. The fourth-order valence-corrected chi connectivity index (χ4v) is 2.57. The highest BCUT2D eigenvalue weighted by atomic mass is 16.4. The Balaban J connectivity index is 3.00. The van der Waals surface area contributed by atoms with E-state index in [2.05, 4.69) is 18.7 Å². The van der Waals surface area contributed by atoms with E-state index in [1.165, 1.54) is 5.56 Å². The Morgan fingerprint density at radius 1 is 1.15 bits per heavy atom. The summed E-state index contributed by atoms with van der Waals surface area (Å²) in [4.78, 5) is 13.9. The number of benzene rings is 1. The maximum absolute atomic E-state index is 11.8. The monoisotopic (exact) mass is 277 g/mol. The van der Waals surface area contributed by atoms with Crippen molar-refractivity contribution in [1.82, 2.24) is 4.90 Å². The van der Waals surface area contributed by atoms with Crippen molar-refractivity contribution in [2.24, 2.45) is 0 Å². The van der Waals surface area contributed by atoms with Gasteiger partial charge in [-0.1, -0.05) is 43.7 Å². The van der Waals surface area contributed by atoms with Crippen LogP contribution in [-0.4, -0.2) is 34.6 Å². The Kier molecular flexibility index (Phi) is 6.21. The van der Waals surface area contributed by atoms with Crippen molar-refractivity contribution in [3.8, 4) is 0 Å². The Morgan fingerprint density at radius 2 is 1.65 bits per heavy atom. The Bertz CT molecular complexity index is 421. The first kappa shape index (κ1) is 16.7. The predicted molar refractivity (Wildman–Crippen MR) is 83.1 cm³/mol. The van der Waals surface area contributed by atoms with Crippen LogP contribution in [0, 0.1) is 6.92 Å². The highest BCUT2D eigenvalue weighted by molar-refractivity contribution is 5.78. The lowest BCUT2D eigenvalue weighted by Gasteiger charge is -2.38. The summed E-state index contributed by atoms with van der Waals surface area (Å²) in [7, 11) is 0. The van der Waals surface area contributed by atoms with E-state index in [1.807, 2.05) is 38.1 Å². The molecule has 0 bridgehead atoms. The SMILES string of the molecule is CCCN(CCC)C(C)(Cc1ccc(C)cc1)C(=O)O. The molecule has 1 atom stereocenters. The molecule has 0 saturated carbocycles. The van der Waals surface area contributed by atoms with Crippen LogP contribution in [0.2, 0.25) is 0 Å². The van der Waals surface area contributed by atoms with E-state index in [4.69, 9.17) is 0 Å². The minimum atomic E-state index is -0.832. The topological polar surface area (TPSA) is 40.5 Å². The van der Waals surface area contributed by atoms with Crippen molar-refractivity contribution in [3.05, 3.63) is 35.4 Å². The molecule has 0 amide bonds. The lowest BCUT2D eigenvalue weighted by molar-refractivity contribution is -0.150. The zero-order valence-corrected chi connectivity index (χ0v) is 13.1. The lowest BCUT2D eigenvalue weighted by Crippen LogP contribution is -2.54. The average Bonchev–Trinajstić information content (AvgIpc) is 2.41. The molecule has 0 fully saturated rings. The predicted octanol–water partition coefficient (Wildman–Crippen LogP) is 3.50. The van der Waals surface area contributed by atoms with E-state index >= 15 is 0 Å². The van der Waals surface area contributed by atoms with Crippen LogP contribution in [0.5, 0.6) is 0 Å². The van der Waals surface area contributed by atoms with Gasteiger partial charge >= 0.3 is 5.97 Å². The van der Waals surface area contributed by atoms with E-state index in [-0.39, 0.29) is 0 Å². The summed E-state index contributed by atoms with van der Waals surface area (Å²) in [5, 5.41) is 9.73. The maximum atomic E-state index is 11.8. The lowest BCUT2D eigenvalue weighted by atomic mass is 9.90. The third-order valence-corrected chi connectivity index (χ3v) is 3.81. The third kappa shape index (κ3) is 4.07. The van der Waals surface area contributed by atoms with Crippen LogP contribution in [0.1, 0.15) is 44.7 Å². The quantitative estimate of drug-likeness (QED) is 0.790. The van der Waals surface area contributed by atoms with Gasteiger partial charge in [-0.15, -0.1) is 0 Å². The molecule has 1 unspecified atom stereocenters. The second-order valence-corrected chi connectivity index (χ2v) is 5.73. The van der Waals surface area contributed by atoms with Crippen molar-refractivity contribution in [3.63, 3.8) is 0 Å². The van der Waals surface area contributed by atoms with Gasteiger partial charge in [0.1, 0.15) is 5.54 Å². The first-order valence-electron chi connectivity index (χ1n) is 7.48. The fourth-order valence-electron chi connectivity index (χ4n) is 2.57. The highest BCUT2D eigenvalue weighted by Crippen LogP contribution is 2.23. The van der Waals surface area contributed by atoms with Crippen LogP contribution in [-0.2, 0) is 11.2 Å². The molecular weight excluding hydrogens is 250 g/mol. The number of carboxylic acid groups (broad SMARTS) is 1. The molecule has 0 aliphatic heterocycles. The van der Waals surface area contributed by atoms with Gasteiger partial charge in [-0.05, 0) is 45.3 Å². The third-order valence-electron chi connectivity index (χ3n) is 3.81. The van der Waals surface area contributed by atoms with E-state index in [0.29, 0.717) is 6.42 Å². The fraction of sp³-hybridized carbons (Fsp3) is 0.588. The van der Waals surface area contributed by atoms with Crippen LogP contribution >= 0.6 is 0 Å². The highest BCUT2D eigenvalue weighted by Gasteiger charge is 2.38. The first-order chi connectivity index (χ1) is 9.43. The molecule has 0 aliphatic carbocycles. The van der Waals surface area contributed by atoms with Crippen molar-refractivity contribution >= 4 is 5.97 Å². The average molecular weight is 277 g/mol. The van der Waals surface area contributed by atoms with Gasteiger partial charge in [-0.3, -0.25) is 9.69 Å². The largest absolute Gasteiger partial charge is 0.480 e. The second-order valence-electron chi connectivity index (χ2n) is 5.73. The molecule has 0 aliphatic rings. The maximum Gasteiger partial charge on any atom is 0.324 e. The summed E-state index contributed by atoms with van der Waals surface area (Å²) in [6.07, 6.45) is 2.48. The Hall–Kier alpha value is -1.35. The van der Waals surface area contributed by atoms with E-state index in [0.717, 1.165) is 31.5 Å². The number of aryl methyl sites for hydroxylation is 1. The molecule has 0 saturated heterocycles. The van der Waals surface area contributed by atoms with Crippen molar-refractivity contribution in [2.45, 2.75) is 52.5 Å². The van der Waals surface area contributed by atoms with Crippen molar-refractivity contribution < 1.29 is 9.90 Å². The number of carboxylic acids is 1. The van der Waals surface area contributed by atoms with E-state index < -0.39 is 11.5 Å². The van der Waals surface area contributed by atoms with Gasteiger partial charge in [0.2, 0.25) is 0 Å². The molecule has 20 heavy (non-hydrogen) atoms. The van der Waals surface area contributed by atoms with Crippen molar-refractivity contribution in [2.75, 3.05) is 13.1 Å². The van der Waals surface area contributed by atoms with Crippen molar-refractivity contribution in [1.29, 1.82) is 0 Å². The molecule has 0 aromatic heterocycles. The smallest absolute Gasteiger partial charge is 0.324 e. The van der Waals surface area contributed by atoms with E-state index in [9.17, 15) is 9.90 Å². The molecule has 3 heteroatoms. The summed E-state index contributed by atoms with van der Waals surface area (Å²) >= 11 is 0. The first-order valence-corrected chi connectivity index (χ1v) is 7.48. The molecule has 0 radical (unpaired) electrons. The van der Waals surface area contributed by atoms with Gasteiger partial charge in [0.15, 0.2) is 0 Å². The molecule has 112 valence electrons. The normalized spacial score (nSPS) is 14.2. The number of rotatable bonds is 8. The second kappa shape index (κ2) is 7.44. The molecule has 0 heterocycles. The number of hydrogen-bond donors (Lipinski definition) is 1. The summed E-state index contributed by atoms with van der Waals surface area (Å²) < 4.78 is 0. The number of hydrogen-bond acceptors (Lipinski definition) is 2. The van der Waals surface area contributed by atoms with Crippen LogP contribution in [0.25, 0.3) is 0 Å². The van der Waals surface area contributed by atoms with Gasteiger partial charge in [0, 0.05) is 6.42 Å². The van der Waals surface area contributed by atoms with Gasteiger partial charge in [-0.25, -0.2) is 0 Å². The number of nitrogens with zero attached hydrogens (tertiary/aromatic N) is 1. The minimum Gasteiger partial charge on any atom is -0.480 e. The molecular formula is C17H27NO2. The molecule has 0 spiro atoms. The van der Waals surface area contributed by atoms with Gasteiger partial charge < -0.3 is 5.11 Å². The summed E-state index contributed by atoms with van der Waals surface area (Å²) in [5.74, 6) is -0.736. The zero-order chi connectivity index (χ0) is 15.2. The van der Waals surface area contributed by atoms with Crippen LogP contribution in [0.4, 0.5) is 0 Å².